The summed E-state index contributed by atoms with van der Waals surface area (Å²) in [5.74, 6) is -0.566. The van der Waals surface area contributed by atoms with Crippen LogP contribution < -0.4 is 15.0 Å². The third-order valence-electron chi connectivity index (χ3n) is 3.99. The van der Waals surface area contributed by atoms with Gasteiger partial charge in [0.1, 0.15) is 5.75 Å². The number of alkyl halides is 3. The molecule has 0 bridgehead atoms. The highest BCUT2D eigenvalue weighted by molar-refractivity contribution is 9.10. The van der Waals surface area contributed by atoms with Gasteiger partial charge >= 0.3 is 6.18 Å². The lowest BCUT2D eigenvalue weighted by Crippen LogP contribution is -2.48. The molecule has 2 amide bonds. The minimum absolute atomic E-state index is 0.0210. The minimum atomic E-state index is -4.56. The summed E-state index contributed by atoms with van der Waals surface area (Å²) in [6.07, 6.45) is -5.62. The van der Waals surface area contributed by atoms with Crippen LogP contribution in [0.15, 0.2) is 46.9 Å². The van der Waals surface area contributed by atoms with Crippen molar-refractivity contribution in [3.63, 3.8) is 0 Å². The van der Waals surface area contributed by atoms with E-state index in [1.807, 2.05) is 0 Å². The lowest BCUT2D eigenvalue weighted by atomic mass is 10.1. The van der Waals surface area contributed by atoms with Crippen molar-refractivity contribution in [2.45, 2.75) is 19.2 Å². The van der Waals surface area contributed by atoms with Crippen LogP contribution in [-0.4, -0.2) is 24.5 Å². The van der Waals surface area contributed by atoms with Crippen LogP contribution in [0.25, 0.3) is 0 Å². The molecule has 0 saturated carbocycles. The van der Waals surface area contributed by atoms with Crippen molar-refractivity contribution in [2.24, 2.45) is 0 Å². The van der Waals surface area contributed by atoms with Crippen molar-refractivity contribution in [1.29, 1.82) is 0 Å². The molecule has 1 N–H and O–H groups in total. The summed E-state index contributed by atoms with van der Waals surface area (Å²) in [5.41, 5.74) is -0.384. The number of ether oxygens (including phenoxy) is 1. The molecule has 2 aromatic carbocycles. The van der Waals surface area contributed by atoms with Gasteiger partial charge in [-0.05, 0) is 30.3 Å². The summed E-state index contributed by atoms with van der Waals surface area (Å²) in [6.45, 7) is 1.32. The monoisotopic (exact) mass is 442 g/mol. The number of para-hydroxylation sites is 2. The number of anilines is 2. The Balaban J connectivity index is 1.82. The van der Waals surface area contributed by atoms with Gasteiger partial charge in [-0.15, -0.1) is 0 Å². The normalized spacial score (nSPS) is 16.3. The van der Waals surface area contributed by atoms with Gasteiger partial charge in [-0.3, -0.25) is 9.59 Å². The molecule has 0 aliphatic carbocycles. The van der Waals surface area contributed by atoms with Crippen LogP contribution in [0.5, 0.6) is 5.75 Å². The van der Waals surface area contributed by atoms with E-state index in [4.69, 9.17) is 4.74 Å². The van der Waals surface area contributed by atoms with Gasteiger partial charge in [-0.1, -0.05) is 28.1 Å². The van der Waals surface area contributed by atoms with E-state index in [0.29, 0.717) is 11.4 Å². The average Bonchev–Trinajstić information content (AvgIpc) is 2.61. The van der Waals surface area contributed by atoms with E-state index < -0.39 is 23.8 Å². The number of fused-ring (bicyclic) bond motifs is 1. The van der Waals surface area contributed by atoms with Crippen LogP contribution in [0.1, 0.15) is 12.5 Å². The molecule has 1 atom stereocenters. The van der Waals surface area contributed by atoms with Crippen molar-refractivity contribution in [3.05, 3.63) is 52.5 Å². The summed E-state index contributed by atoms with van der Waals surface area (Å²) in [6, 6.07) is 10.1. The molecule has 3 rings (SSSR count). The maximum absolute atomic E-state index is 13.0. The molecule has 5 nitrogen and oxygen atoms in total. The van der Waals surface area contributed by atoms with Crippen molar-refractivity contribution >= 4 is 39.1 Å². The standard InChI is InChI=1S/C18H14BrF3N2O3/c1-10(25)24-9-16(27-15-5-3-2-4-14(15)24)17(26)23-11-6-7-13(19)12(8-11)18(20,21)22/h2-8,16H,9H2,1H3,(H,23,26)/t16-/m0/s1. The van der Waals surface area contributed by atoms with Crippen LogP contribution in [0.4, 0.5) is 24.5 Å². The lowest BCUT2D eigenvalue weighted by molar-refractivity contribution is -0.138. The third-order valence-corrected chi connectivity index (χ3v) is 4.68. The number of carbonyl (C=O) groups is 2. The molecule has 0 aromatic heterocycles. The predicted molar refractivity (Wildman–Crippen MR) is 96.7 cm³/mol. The Labute approximate surface area is 161 Å². The number of rotatable bonds is 2. The smallest absolute Gasteiger partial charge is 0.417 e. The Morgan fingerprint density at radius 2 is 1.93 bits per heavy atom. The number of halogens is 4. The molecule has 27 heavy (non-hydrogen) atoms. The fourth-order valence-corrected chi connectivity index (χ4v) is 3.18. The highest BCUT2D eigenvalue weighted by Gasteiger charge is 2.35. The number of benzene rings is 2. The first-order chi connectivity index (χ1) is 12.7. The van der Waals surface area contributed by atoms with Gasteiger partial charge in [0, 0.05) is 17.1 Å². The van der Waals surface area contributed by atoms with E-state index in [1.165, 1.54) is 24.0 Å². The van der Waals surface area contributed by atoms with Crippen LogP contribution in [0.3, 0.4) is 0 Å². The molecule has 0 radical (unpaired) electrons. The second-order valence-electron chi connectivity index (χ2n) is 5.89. The van der Waals surface area contributed by atoms with E-state index >= 15 is 0 Å². The van der Waals surface area contributed by atoms with E-state index in [1.54, 1.807) is 24.3 Å². The maximum Gasteiger partial charge on any atom is 0.417 e. The molecule has 0 spiro atoms. The van der Waals surface area contributed by atoms with Gasteiger partial charge in [0.2, 0.25) is 5.91 Å². The predicted octanol–water partition coefficient (Wildman–Crippen LogP) is 4.22. The first kappa shape index (κ1) is 19.2. The van der Waals surface area contributed by atoms with E-state index in [2.05, 4.69) is 21.2 Å². The van der Waals surface area contributed by atoms with Crippen LogP contribution >= 0.6 is 15.9 Å². The summed E-state index contributed by atoms with van der Waals surface area (Å²) in [5, 5.41) is 2.42. The molecule has 9 heteroatoms. The van der Waals surface area contributed by atoms with Crippen molar-refractivity contribution in [2.75, 3.05) is 16.8 Å². The molecule has 0 fully saturated rings. The Morgan fingerprint density at radius 1 is 1.22 bits per heavy atom. The van der Waals surface area contributed by atoms with Crippen molar-refractivity contribution < 1.29 is 27.5 Å². The van der Waals surface area contributed by atoms with Crippen LogP contribution in [-0.2, 0) is 15.8 Å². The zero-order chi connectivity index (χ0) is 19.8. The van der Waals surface area contributed by atoms with Gasteiger partial charge < -0.3 is 15.0 Å². The first-order valence-electron chi connectivity index (χ1n) is 7.88. The molecular formula is C18H14BrF3N2O3. The highest BCUT2D eigenvalue weighted by atomic mass is 79.9. The van der Waals surface area contributed by atoms with Crippen LogP contribution in [0.2, 0.25) is 0 Å². The Morgan fingerprint density at radius 3 is 2.59 bits per heavy atom. The molecule has 2 aromatic rings. The topological polar surface area (TPSA) is 58.6 Å². The summed E-state index contributed by atoms with van der Waals surface area (Å²) < 4.78 is 44.5. The molecular weight excluding hydrogens is 429 g/mol. The van der Waals surface area contributed by atoms with E-state index in [9.17, 15) is 22.8 Å². The lowest BCUT2D eigenvalue weighted by Gasteiger charge is -2.33. The fraction of sp³-hybridized carbons (Fsp3) is 0.222. The Bertz CT molecular complexity index is 902. The number of nitrogens with zero attached hydrogens (tertiary/aromatic N) is 1. The van der Waals surface area contributed by atoms with Gasteiger partial charge in [0.05, 0.1) is 17.8 Å². The SMILES string of the molecule is CC(=O)N1C[C@@H](C(=O)Nc2ccc(Br)c(C(F)(F)F)c2)Oc2ccccc21. The molecule has 1 heterocycles. The van der Waals surface area contributed by atoms with Gasteiger partial charge in [0.25, 0.3) is 5.91 Å². The quantitative estimate of drug-likeness (QED) is 0.757. The Hall–Kier alpha value is -2.55. The zero-order valence-electron chi connectivity index (χ0n) is 14.0. The first-order valence-corrected chi connectivity index (χ1v) is 8.67. The number of carbonyl (C=O) groups excluding carboxylic acids is 2. The highest BCUT2D eigenvalue weighted by Crippen LogP contribution is 2.37. The maximum atomic E-state index is 13.0. The fourth-order valence-electron chi connectivity index (χ4n) is 2.71. The second-order valence-corrected chi connectivity index (χ2v) is 6.74. The van der Waals surface area contributed by atoms with Gasteiger partial charge in [0.15, 0.2) is 6.10 Å². The van der Waals surface area contributed by atoms with Gasteiger partial charge in [-0.2, -0.15) is 13.2 Å². The van der Waals surface area contributed by atoms with Crippen molar-refractivity contribution in [1.82, 2.24) is 0 Å². The molecule has 1 aliphatic rings. The minimum Gasteiger partial charge on any atom is -0.476 e. The number of amides is 2. The Kier molecular flexibility index (Phi) is 5.14. The van der Waals surface area contributed by atoms with E-state index in [0.717, 1.165) is 6.07 Å². The summed E-state index contributed by atoms with van der Waals surface area (Å²) in [4.78, 5) is 25.8. The van der Waals surface area contributed by atoms with Crippen molar-refractivity contribution in [3.8, 4) is 5.75 Å². The number of hydrogen-bond acceptors (Lipinski definition) is 3. The zero-order valence-corrected chi connectivity index (χ0v) is 15.6. The molecule has 1 aliphatic heterocycles. The van der Waals surface area contributed by atoms with Gasteiger partial charge in [-0.25, -0.2) is 0 Å². The summed E-state index contributed by atoms with van der Waals surface area (Å²) in [7, 11) is 0. The number of hydrogen-bond donors (Lipinski definition) is 1. The van der Waals surface area contributed by atoms with E-state index in [-0.39, 0.29) is 22.6 Å². The molecule has 0 saturated heterocycles. The molecule has 142 valence electrons. The van der Waals surface area contributed by atoms with Crippen LogP contribution in [0, 0.1) is 0 Å². The summed E-state index contributed by atoms with van der Waals surface area (Å²) >= 11 is 2.85. The average molecular weight is 443 g/mol. The number of nitrogens with one attached hydrogen (secondary N) is 1. The largest absolute Gasteiger partial charge is 0.476 e. The third kappa shape index (κ3) is 4.08. The second kappa shape index (κ2) is 7.22. The molecule has 0 unspecified atom stereocenters.